The number of carbonyl (C=O) groups excluding carboxylic acids is 2. The fourth-order valence-corrected chi connectivity index (χ4v) is 5.19. The van der Waals surface area contributed by atoms with Gasteiger partial charge in [0.1, 0.15) is 29.8 Å². The number of nitrogens with one attached hydrogen (secondary N) is 1. The standard InChI is InChI=1S/C31H27F2N5O4.C2H6/c1-18-12-21(41-2)8-6-19(18)15-37-16-26-30(31(37)40)25(13-24(35-26)29-22(32)4-3-5-23(29)33)36-27-9-7-20(14-34-27)38-10-11-42-17-28(38)39;1-2/h3-9,12-14H,10-11,15-17H2,1-2H3,(H,34,35,36);1-2H3. The number of pyridine rings is 2. The molecule has 2 aliphatic heterocycles. The van der Waals surface area contributed by atoms with Crippen LogP contribution in [-0.2, 0) is 22.6 Å². The zero-order valence-corrected chi connectivity index (χ0v) is 25.0. The maximum atomic E-state index is 14.8. The van der Waals surface area contributed by atoms with Gasteiger partial charge in [-0.25, -0.2) is 18.7 Å². The zero-order chi connectivity index (χ0) is 31.4. The second-order valence-corrected chi connectivity index (χ2v) is 10.1. The second-order valence-electron chi connectivity index (χ2n) is 10.1. The van der Waals surface area contributed by atoms with Crippen LogP contribution in [0.15, 0.2) is 60.8 Å². The highest BCUT2D eigenvalue weighted by Crippen LogP contribution is 2.36. The lowest BCUT2D eigenvalue weighted by molar-refractivity contribution is -0.125. The normalized spacial score (nSPS) is 14.2. The molecule has 4 heterocycles. The summed E-state index contributed by atoms with van der Waals surface area (Å²) in [6.45, 7) is 7.26. The summed E-state index contributed by atoms with van der Waals surface area (Å²) in [5.41, 5.74) is 3.29. The molecule has 0 atom stereocenters. The largest absolute Gasteiger partial charge is 0.497 e. The van der Waals surface area contributed by atoms with E-state index < -0.39 is 11.6 Å². The smallest absolute Gasteiger partial charge is 0.258 e. The highest BCUT2D eigenvalue weighted by atomic mass is 19.1. The van der Waals surface area contributed by atoms with E-state index in [1.807, 2.05) is 39.0 Å². The number of carbonyl (C=O) groups is 2. The first kappa shape index (κ1) is 30.6. The minimum absolute atomic E-state index is 0.00714. The number of morpholine rings is 1. The van der Waals surface area contributed by atoms with Crippen LogP contribution < -0.4 is 15.0 Å². The topological polar surface area (TPSA) is 96.9 Å². The van der Waals surface area contributed by atoms with Crippen LogP contribution in [0.25, 0.3) is 11.3 Å². The summed E-state index contributed by atoms with van der Waals surface area (Å²) in [6, 6.07) is 14.1. The number of nitrogens with zero attached hydrogens (tertiary/aromatic N) is 4. The van der Waals surface area contributed by atoms with Gasteiger partial charge in [-0.2, -0.15) is 0 Å². The van der Waals surface area contributed by atoms with Gasteiger partial charge in [0.05, 0.1) is 60.3 Å². The lowest BCUT2D eigenvalue weighted by Gasteiger charge is -2.26. The number of fused-ring (bicyclic) bond motifs is 1. The van der Waals surface area contributed by atoms with Crippen LogP contribution in [0.1, 0.15) is 41.0 Å². The number of hydrogen-bond acceptors (Lipinski definition) is 7. The predicted octanol–water partition coefficient (Wildman–Crippen LogP) is 6.03. The Kier molecular flexibility index (Phi) is 9.15. The van der Waals surface area contributed by atoms with Crippen molar-refractivity contribution in [1.29, 1.82) is 0 Å². The van der Waals surface area contributed by atoms with Crippen molar-refractivity contribution in [3.8, 4) is 17.0 Å². The van der Waals surface area contributed by atoms with E-state index in [2.05, 4.69) is 15.3 Å². The molecule has 44 heavy (non-hydrogen) atoms. The van der Waals surface area contributed by atoms with Gasteiger partial charge in [-0.1, -0.05) is 26.0 Å². The van der Waals surface area contributed by atoms with Crippen LogP contribution in [0.4, 0.5) is 26.0 Å². The third-order valence-electron chi connectivity index (χ3n) is 7.37. The van der Waals surface area contributed by atoms with Gasteiger partial charge < -0.3 is 24.6 Å². The third kappa shape index (κ3) is 6.09. The van der Waals surface area contributed by atoms with Gasteiger partial charge in [-0.3, -0.25) is 9.59 Å². The Hall–Kier alpha value is -4.90. The first-order valence-electron chi connectivity index (χ1n) is 14.3. The van der Waals surface area contributed by atoms with Crippen LogP contribution in [-0.4, -0.2) is 53.6 Å². The molecule has 1 N–H and O–H groups in total. The minimum atomic E-state index is -0.763. The van der Waals surface area contributed by atoms with Crippen LogP contribution in [0.2, 0.25) is 0 Å². The quantitative estimate of drug-likeness (QED) is 0.276. The van der Waals surface area contributed by atoms with Crippen molar-refractivity contribution in [2.24, 2.45) is 0 Å². The van der Waals surface area contributed by atoms with Gasteiger partial charge >= 0.3 is 0 Å². The molecule has 228 valence electrons. The van der Waals surface area contributed by atoms with Crippen molar-refractivity contribution in [2.45, 2.75) is 33.9 Å². The number of methoxy groups -OCH3 is 1. The number of hydrogen-bond donors (Lipinski definition) is 1. The Labute approximate surface area is 254 Å². The van der Waals surface area contributed by atoms with E-state index in [1.54, 1.807) is 35.2 Å². The Balaban J connectivity index is 0.00000188. The molecule has 9 nitrogen and oxygen atoms in total. The van der Waals surface area contributed by atoms with Gasteiger partial charge in [-0.05, 0) is 60.5 Å². The van der Waals surface area contributed by atoms with E-state index in [4.69, 9.17) is 9.47 Å². The van der Waals surface area contributed by atoms with Crippen molar-refractivity contribution < 1.29 is 27.8 Å². The molecule has 1 fully saturated rings. The Morgan fingerprint density at radius 2 is 1.80 bits per heavy atom. The van der Waals surface area contributed by atoms with E-state index >= 15 is 0 Å². The molecule has 0 bridgehead atoms. The molecule has 0 aliphatic carbocycles. The average molecular weight is 602 g/mol. The van der Waals surface area contributed by atoms with Gasteiger partial charge in [0, 0.05) is 13.1 Å². The molecular weight excluding hydrogens is 568 g/mol. The van der Waals surface area contributed by atoms with Gasteiger partial charge in [0.25, 0.3) is 11.8 Å². The highest BCUT2D eigenvalue weighted by Gasteiger charge is 2.33. The monoisotopic (exact) mass is 601 g/mol. The lowest BCUT2D eigenvalue weighted by Crippen LogP contribution is -2.41. The van der Waals surface area contributed by atoms with E-state index in [9.17, 15) is 18.4 Å². The number of halogens is 2. The summed E-state index contributed by atoms with van der Waals surface area (Å²) in [4.78, 5) is 38.1. The lowest BCUT2D eigenvalue weighted by atomic mass is 10.1. The molecule has 2 amide bonds. The predicted molar refractivity (Wildman–Crippen MR) is 163 cm³/mol. The summed E-state index contributed by atoms with van der Waals surface area (Å²) < 4.78 is 40.1. The van der Waals surface area contributed by atoms with Gasteiger partial charge in [-0.15, -0.1) is 0 Å². The van der Waals surface area contributed by atoms with Crippen LogP contribution >= 0.6 is 0 Å². The minimum Gasteiger partial charge on any atom is -0.497 e. The van der Waals surface area contributed by atoms with E-state index in [-0.39, 0.29) is 36.2 Å². The van der Waals surface area contributed by atoms with E-state index in [0.717, 1.165) is 23.3 Å². The van der Waals surface area contributed by atoms with Crippen molar-refractivity contribution in [3.63, 3.8) is 0 Å². The van der Waals surface area contributed by atoms with E-state index in [1.165, 1.54) is 12.1 Å². The Bertz CT molecular complexity index is 1680. The van der Waals surface area contributed by atoms with Crippen molar-refractivity contribution >= 4 is 29.0 Å². The zero-order valence-electron chi connectivity index (χ0n) is 25.0. The SMILES string of the molecule is CC.COc1ccc(CN2Cc3nc(-c4c(F)cccc4F)cc(Nc4ccc(N5CCOCC5=O)cn4)c3C2=O)c(C)c1. The number of anilines is 3. The molecule has 2 aromatic carbocycles. The van der Waals surface area contributed by atoms with Crippen molar-refractivity contribution in [1.82, 2.24) is 14.9 Å². The summed E-state index contributed by atoms with van der Waals surface area (Å²) in [5, 5.41) is 3.15. The fraction of sp³-hybridized carbons (Fsp3) is 0.273. The van der Waals surface area contributed by atoms with Crippen LogP contribution in [0, 0.1) is 18.6 Å². The number of aromatic nitrogens is 2. The molecule has 2 aromatic heterocycles. The number of ether oxygens (including phenoxy) is 2. The molecular formula is C33H33F2N5O4. The van der Waals surface area contributed by atoms with Crippen LogP contribution in [0.5, 0.6) is 5.75 Å². The maximum absolute atomic E-state index is 14.8. The maximum Gasteiger partial charge on any atom is 0.258 e. The third-order valence-corrected chi connectivity index (χ3v) is 7.37. The molecule has 11 heteroatoms. The molecule has 0 saturated carbocycles. The summed E-state index contributed by atoms with van der Waals surface area (Å²) in [7, 11) is 1.59. The second kappa shape index (κ2) is 13.2. The molecule has 2 aliphatic rings. The number of rotatable bonds is 7. The van der Waals surface area contributed by atoms with E-state index in [0.29, 0.717) is 53.9 Å². The van der Waals surface area contributed by atoms with Crippen molar-refractivity contribution in [2.75, 3.05) is 37.1 Å². The summed E-state index contributed by atoms with van der Waals surface area (Å²) in [5.74, 6) is -0.864. The fourth-order valence-electron chi connectivity index (χ4n) is 5.19. The molecule has 0 spiro atoms. The molecule has 6 rings (SSSR count). The van der Waals surface area contributed by atoms with Crippen molar-refractivity contribution in [3.05, 3.63) is 94.8 Å². The molecule has 0 radical (unpaired) electrons. The van der Waals surface area contributed by atoms with Gasteiger partial charge in [0.2, 0.25) is 0 Å². The summed E-state index contributed by atoms with van der Waals surface area (Å²) in [6.07, 6.45) is 1.55. The Morgan fingerprint density at radius 1 is 1.02 bits per heavy atom. The molecule has 0 unspecified atom stereocenters. The number of amides is 2. The first-order chi connectivity index (χ1) is 21.3. The molecule has 1 saturated heterocycles. The first-order valence-corrected chi connectivity index (χ1v) is 14.3. The Morgan fingerprint density at radius 3 is 2.45 bits per heavy atom. The summed E-state index contributed by atoms with van der Waals surface area (Å²) >= 11 is 0. The highest BCUT2D eigenvalue weighted by molar-refractivity contribution is 6.04. The van der Waals surface area contributed by atoms with Crippen LogP contribution in [0.3, 0.4) is 0 Å². The molecule has 4 aromatic rings. The number of benzene rings is 2. The number of aryl methyl sites for hydroxylation is 1. The van der Waals surface area contributed by atoms with Gasteiger partial charge in [0.15, 0.2) is 0 Å². The average Bonchev–Trinajstić information content (AvgIpc) is 3.34.